The van der Waals surface area contributed by atoms with Crippen LogP contribution in [0.2, 0.25) is 0 Å². The van der Waals surface area contributed by atoms with Crippen molar-refractivity contribution >= 4 is 11.3 Å². The van der Waals surface area contributed by atoms with E-state index in [0.717, 1.165) is 18.0 Å². The van der Waals surface area contributed by atoms with E-state index in [9.17, 15) is 0 Å². The highest BCUT2D eigenvalue weighted by atomic mass is 32.1. The van der Waals surface area contributed by atoms with Crippen molar-refractivity contribution in [3.05, 3.63) is 52.5 Å². The number of benzene rings is 1. The molecule has 0 fully saturated rings. The summed E-state index contributed by atoms with van der Waals surface area (Å²) in [6, 6.07) is 10.3. The summed E-state index contributed by atoms with van der Waals surface area (Å²) < 4.78 is 0. The summed E-state index contributed by atoms with van der Waals surface area (Å²) in [4.78, 5) is 4.37. The van der Waals surface area contributed by atoms with Crippen LogP contribution in [-0.4, -0.2) is 11.5 Å². The Kier molecular flexibility index (Phi) is 4.69. The lowest BCUT2D eigenvalue weighted by Gasteiger charge is -2.25. The average molecular weight is 275 g/mol. The molecule has 1 heterocycles. The quantitative estimate of drug-likeness (QED) is 0.852. The fourth-order valence-electron chi connectivity index (χ4n) is 2.01. The van der Waals surface area contributed by atoms with Crippen LogP contribution in [0.1, 0.15) is 36.9 Å². The van der Waals surface area contributed by atoms with Crippen molar-refractivity contribution in [1.82, 2.24) is 10.3 Å². The molecule has 102 valence electrons. The maximum absolute atomic E-state index is 6.19. The van der Waals surface area contributed by atoms with Crippen LogP contribution in [0.25, 0.3) is 0 Å². The predicted octanol–water partition coefficient (Wildman–Crippen LogP) is 3.06. The van der Waals surface area contributed by atoms with E-state index in [4.69, 9.17) is 5.73 Å². The number of nitrogens with zero attached hydrogens (tertiary/aromatic N) is 1. The minimum atomic E-state index is -0.0927. The van der Waals surface area contributed by atoms with E-state index in [0.29, 0.717) is 0 Å². The minimum Gasteiger partial charge on any atom is -0.324 e. The molecule has 1 aromatic carbocycles. The van der Waals surface area contributed by atoms with Gasteiger partial charge < -0.3 is 11.1 Å². The van der Waals surface area contributed by atoms with Gasteiger partial charge in [-0.2, -0.15) is 0 Å². The summed E-state index contributed by atoms with van der Waals surface area (Å²) in [6.07, 6.45) is 2.76. The largest absolute Gasteiger partial charge is 0.324 e. The Morgan fingerprint density at radius 1 is 1.32 bits per heavy atom. The topological polar surface area (TPSA) is 50.9 Å². The second kappa shape index (κ2) is 6.28. The highest BCUT2D eigenvalue weighted by molar-refractivity contribution is 7.09. The Bertz CT molecular complexity index is 479. The summed E-state index contributed by atoms with van der Waals surface area (Å²) in [5.74, 6) is 0. The van der Waals surface area contributed by atoms with Gasteiger partial charge in [-0.05, 0) is 32.4 Å². The highest BCUT2D eigenvalue weighted by Gasteiger charge is 2.22. The minimum absolute atomic E-state index is 0.0841. The number of nitrogens with two attached hydrogens (primary N) is 1. The third-order valence-corrected chi connectivity index (χ3v) is 4.31. The highest BCUT2D eigenvalue weighted by Crippen LogP contribution is 2.22. The van der Waals surface area contributed by atoms with Crippen molar-refractivity contribution in [2.45, 2.75) is 31.8 Å². The summed E-state index contributed by atoms with van der Waals surface area (Å²) in [6.45, 7) is 5.18. The second-order valence-corrected chi connectivity index (χ2v) is 6.09. The monoisotopic (exact) mass is 275 g/mol. The third kappa shape index (κ3) is 3.86. The van der Waals surface area contributed by atoms with Gasteiger partial charge in [0, 0.05) is 17.6 Å². The van der Waals surface area contributed by atoms with Crippen molar-refractivity contribution < 1.29 is 0 Å². The van der Waals surface area contributed by atoms with Crippen LogP contribution in [-0.2, 0) is 5.54 Å². The average Bonchev–Trinajstić information content (AvgIpc) is 2.94. The number of thiazole rings is 1. The molecule has 0 saturated carbocycles. The first-order valence-electron chi connectivity index (χ1n) is 6.55. The molecule has 3 N–H and O–H groups in total. The van der Waals surface area contributed by atoms with Gasteiger partial charge in [-0.15, -0.1) is 11.3 Å². The van der Waals surface area contributed by atoms with E-state index in [-0.39, 0.29) is 11.6 Å². The number of hydrogen-bond donors (Lipinski definition) is 2. The SMILES string of the molecule is CC(C)(NCCC(N)c1ccccc1)c1nccs1. The Hall–Kier alpha value is -1.23. The molecular formula is C15H21N3S. The van der Waals surface area contributed by atoms with Crippen LogP contribution in [0.15, 0.2) is 41.9 Å². The van der Waals surface area contributed by atoms with Gasteiger partial charge in [0.1, 0.15) is 5.01 Å². The molecule has 0 bridgehead atoms. The lowest BCUT2D eigenvalue weighted by molar-refractivity contribution is 0.389. The summed E-state index contributed by atoms with van der Waals surface area (Å²) in [5, 5.41) is 6.65. The van der Waals surface area contributed by atoms with Gasteiger partial charge in [-0.3, -0.25) is 0 Å². The van der Waals surface area contributed by atoms with Crippen LogP contribution in [0.5, 0.6) is 0 Å². The first-order chi connectivity index (χ1) is 9.09. The van der Waals surface area contributed by atoms with E-state index < -0.39 is 0 Å². The normalized spacial score (nSPS) is 13.4. The van der Waals surface area contributed by atoms with Crippen LogP contribution in [0.4, 0.5) is 0 Å². The molecule has 2 aromatic rings. The van der Waals surface area contributed by atoms with E-state index in [1.165, 1.54) is 5.56 Å². The van der Waals surface area contributed by atoms with Crippen molar-refractivity contribution in [2.24, 2.45) is 5.73 Å². The van der Waals surface area contributed by atoms with Gasteiger partial charge in [0.25, 0.3) is 0 Å². The molecule has 0 saturated heterocycles. The van der Waals surface area contributed by atoms with Gasteiger partial charge in [0.2, 0.25) is 0 Å². The number of aromatic nitrogens is 1. The summed E-state index contributed by atoms with van der Waals surface area (Å²) >= 11 is 1.68. The number of rotatable bonds is 6. The standard InChI is InChI=1S/C15H21N3S/c1-15(2,14-17-10-11-19-14)18-9-8-13(16)12-6-4-3-5-7-12/h3-7,10-11,13,18H,8-9,16H2,1-2H3. The second-order valence-electron chi connectivity index (χ2n) is 5.19. The van der Waals surface area contributed by atoms with E-state index >= 15 is 0 Å². The summed E-state index contributed by atoms with van der Waals surface area (Å²) in [7, 11) is 0. The molecule has 3 nitrogen and oxygen atoms in total. The van der Waals surface area contributed by atoms with Gasteiger partial charge >= 0.3 is 0 Å². The lowest BCUT2D eigenvalue weighted by Crippen LogP contribution is -2.38. The smallest absolute Gasteiger partial charge is 0.112 e. The number of hydrogen-bond acceptors (Lipinski definition) is 4. The molecule has 19 heavy (non-hydrogen) atoms. The van der Waals surface area contributed by atoms with E-state index in [1.54, 1.807) is 11.3 Å². The zero-order chi connectivity index (χ0) is 13.7. The first kappa shape index (κ1) is 14.2. The molecule has 0 spiro atoms. The first-order valence-corrected chi connectivity index (χ1v) is 7.43. The van der Waals surface area contributed by atoms with Gasteiger partial charge in [0.15, 0.2) is 0 Å². The predicted molar refractivity (Wildman–Crippen MR) is 81.1 cm³/mol. The fraction of sp³-hybridized carbons (Fsp3) is 0.400. The third-order valence-electron chi connectivity index (χ3n) is 3.22. The van der Waals surface area contributed by atoms with Gasteiger partial charge in [-0.25, -0.2) is 4.98 Å². The Labute approximate surface area is 118 Å². The molecule has 1 unspecified atom stereocenters. The van der Waals surface area contributed by atoms with Crippen molar-refractivity contribution in [2.75, 3.05) is 6.54 Å². The maximum atomic E-state index is 6.19. The molecule has 2 rings (SSSR count). The van der Waals surface area contributed by atoms with Crippen LogP contribution in [0, 0.1) is 0 Å². The molecule has 0 radical (unpaired) electrons. The van der Waals surface area contributed by atoms with Crippen LogP contribution in [0.3, 0.4) is 0 Å². The van der Waals surface area contributed by atoms with Crippen molar-refractivity contribution in [1.29, 1.82) is 0 Å². The molecule has 4 heteroatoms. The van der Waals surface area contributed by atoms with Crippen LogP contribution < -0.4 is 11.1 Å². The zero-order valence-electron chi connectivity index (χ0n) is 11.5. The Morgan fingerprint density at radius 2 is 2.05 bits per heavy atom. The Balaban J connectivity index is 1.84. The lowest BCUT2D eigenvalue weighted by atomic mass is 10.0. The number of nitrogens with one attached hydrogen (secondary N) is 1. The molecule has 1 aromatic heterocycles. The van der Waals surface area contributed by atoms with Crippen molar-refractivity contribution in [3.63, 3.8) is 0 Å². The molecule has 0 aliphatic heterocycles. The van der Waals surface area contributed by atoms with Gasteiger partial charge in [-0.1, -0.05) is 30.3 Å². The van der Waals surface area contributed by atoms with E-state index in [2.05, 4.69) is 36.3 Å². The Morgan fingerprint density at radius 3 is 2.68 bits per heavy atom. The summed E-state index contributed by atoms with van der Waals surface area (Å²) in [5.41, 5.74) is 7.29. The van der Waals surface area contributed by atoms with Gasteiger partial charge in [0.05, 0.1) is 5.54 Å². The molecule has 1 atom stereocenters. The zero-order valence-corrected chi connectivity index (χ0v) is 12.3. The maximum Gasteiger partial charge on any atom is 0.112 e. The van der Waals surface area contributed by atoms with Crippen molar-refractivity contribution in [3.8, 4) is 0 Å². The van der Waals surface area contributed by atoms with E-state index in [1.807, 2.05) is 29.8 Å². The molecule has 0 amide bonds. The fourth-order valence-corrected chi connectivity index (χ4v) is 2.75. The van der Waals surface area contributed by atoms with Crippen LogP contribution >= 0.6 is 11.3 Å². The molecular weight excluding hydrogens is 254 g/mol. The molecule has 0 aliphatic rings. The molecule has 0 aliphatic carbocycles.